The van der Waals surface area contributed by atoms with Gasteiger partial charge in [-0.3, -0.25) is 4.98 Å². The Labute approximate surface area is 107 Å². The molecule has 1 heterocycles. The molecule has 0 saturated heterocycles. The van der Waals surface area contributed by atoms with E-state index in [1.807, 2.05) is 6.07 Å². The van der Waals surface area contributed by atoms with Gasteiger partial charge in [0.2, 0.25) is 0 Å². The minimum atomic E-state index is 0.0197. The second kappa shape index (κ2) is 6.35. The van der Waals surface area contributed by atoms with Crippen LogP contribution in [0.25, 0.3) is 0 Å². The smallest absolute Gasteiger partial charge is 0.188 e. The van der Waals surface area contributed by atoms with Gasteiger partial charge in [0, 0.05) is 12.8 Å². The molecule has 5 nitrogen and oxygen atoms in total. The summed E-state index contributed by atoms with van der Waals surface area (Å²) in [5.74, 6) is 0.890. The van der Waals surface area contributed by atoms with Crippen LogP contribution in [0, 0.1) is 5.92 Å². The van der Waals surface area contributed by atoms with Crippen molar-refractivity contribution in [2.24, 2.45) is 16.8 Å². The number of oxime groups is 1. The first-order chi connectivity index (χ1) is 8.79. The fourth-order valence-electron chi connectivity index (χ4n) is 1.98. The Morgan fingerprint density at radius 1 is 1.56 bits per heavy atom. The largest absolute Gasteiger partial charge is 0.409 e. The molecule has 2 rings (SSSR count). The maximum atomic E-state index is 8.58. The van der Waals surface area contributed by atoms with Crippen LogP contribution in [0.3, 0.4) is 0 Å². The summed E-state index contributed by atoms with van der Waals surface area (Å²) in [4.78, 5) is 4.02. The molecule has 1 saturated carbocycles. The van der Waals surface area contributed by atoms with Crippen molar-refractivity contribution in [1.29, 1.82) is 0 Å². The average molecular weight is 249 g/mol. The van der Waals surface area contributed by atoms with Gasteiger partial charge in [0.1, 0.15) is 5.69 Å². The first kappa shape index (κ1) is 12.8. The van der Waals surface area contributed by atoms with E-state index < -0.39 is 0 Å². The lowest BCUT2D eigenvalue weighted by Gasteiger charge is -2.24. The van der Waals surface area contributed by atoms with Crippen molar-refractivity contribution in [2.45, 2.75) is 32.3 Å². The van der Waals surface area contributed by atoms with Crippen LogP contribution in [0.1, 0.15) is 36.9 Å². The molecule has 0 spiro atoms. The van der Waals surface area contributed by atoms with Crippen molar-refractivity contribution in [1.82, 2.24) is 4.98 Å². The topological polar surface area (TPSA) is 80.7 Å². The predicted octanol–water partition coefficient (Wildman–Crippen LogP) is 1.88. The minimum absolute atomic E-state index is 0.0197. The van der Waals surface area contributed by atoms with Crippen molar-refractivity contribution < 1.29 is 9.94 Å². The quantitative estimate of drug-likeness (QED) is 0.265. The number of pyridine rings is 1. The van der Waals surface area contributed by atoms with Crippen LogP contribution in [-0.4, -0.2) is 22.6 Å². The van der Waals surface area contributed by atoms with Crippen molar-refractivity contribution in [3.05, 3.63) is 29.6 Å². The van der Waals surface area contributed by atoms with E-state index in [-0.39, 0.29) is 5.84 Å². The zero-order valence-corrected chi connectivity index (χ0v) is 10.4. The van der Waals surface area contributed by atoms with Crippen LogP contribution in [0.2, 0.25) is 0 Å². The first-order valence-electron chi connectivity index (χ1n) is 6.30. The maximum absolute atomic E-state index is 8.58. The zero-order chi connectivity index (χ0) is 12.8. The van der Waals surface area contributed by atoms with E-state index in [1.165, 1.54) is 19.3 Å². The molecule has 0 amide bonds. The van der Waals surface area contributed by atoms with Crippen molar-refractivity contribution in [2.75, 3.05) is 6.61 Å². The van der Waals surface area contributed by atoms with Crippen molar-refractivity contribution >= 4 is 5.84 Å². The van der Waals surface area contributed by atoms with Gasteiger partial charge in [-0.2, -0.15) is 0 Å². The zero-order valence-electron chi connectivity index (χ0n) is 10.4. The number of nitrogens with two attached hydrogens (primary N) is 1. The Bertz CT molecular complexity index is 416. The normalized spacial score (nSPS) is 16.6. The Balaban J connectivity index is 1.77. The van der Waals surface area contributed by atoms with E-state index in [4.69, 9.17) is 15.7 Å². The Hall–Kier alpha value is -1.62. The molecule has 1 aromatic heterocycles. The lowest BCUT2D eigenvalue weighted by molar-refractivity contribution is 0.0949. The molecule has 1 aromatic rings. The summed E-state index contributed by atoms with van der Waals surface area (Å²) in [6.45, 7) is 1.34. The van der Waals surface area contributed by atoms with Gasteiger partial charge in [0.15, 0.2) is 5.84 Å². The highest BCUT2D eigenvalue weighted by Gasteiger charge is 2.16. The fourth-order valence-corrected chi connectivity index (χ4v) is 1.98. The van der Waals surface area contributed by atoms with E-state index in [0.29, 0.717) is 12.3 Å². The minimum Gasteiger partial charge on any atom is -0.409 e. The van der Waals surface area contributed by atoms with E-state index in [0.717, 1.165) is 24.5 Å². The molecule has 5 heteroatoms. The molecule has 1 aliphatic carbocycles. The molecule has 0 radical (unpaired) electrons. The summed E-state index contributed by atoms with van der Waals surface area (Å²) in [5, 5.41) is 11.5. The van der Waals surface area contributed by atoms with Crippen LogP contribution in [0.15, 0.2) is 23.5 Å². The molecule has 18 heavy (non-hydrogen) atoms. The molecule has 0 unspecified atom stereocenters. The Morgan fingerprint density at radius 3 is 3.06 bits per heavy atom. The monoisotopic (exact) mass is 249 g/mol. The molecule has 1 fully saturated rings. The van der Waals surface area contributed by atoms with Crippen LogP contribution in [-0.2, 0) is 11.3 Å². The number of ether oxygens (including phenoxy) is 1. The number of nitrogens with zero attached hydrogens (tertiary/aromatic N) is 2. The van der Waals surface area contributed by atoms with Crippen molar-refractivity contribution in [3.8, 4) is 0 Å². The summed E-state index contributed by atoms with van der Waals surface area (Å²) >= 11 is 0. The highest BCUT2D eigenvalue weighted by atomic mass is 16.5. The average Bonchev–Trinajstić information content (AvgIpc) is 2.36. The van der Waals surface area contributed by atoms with E-state index >= 15 is 0 Å². The molecule has 0 atom stereocenters. The van der Waals surface area contributed by atoms with Gasteiger partial charge < -0.3 is 15.7 Å². The van der Waals surface area contributed by atoms with E-state index in [2.05, 4.69) is 10.1 Å². The Morgan fingerprint density at radius 2 is 2.39 bits per heavy atom. The third-order valence-corrected chi connectivity index (χ3v) is 3.36. The lowest BCUT2D eigenvalue weighted by atomic mass is 9.83. The number of hydrogen-bond acceptors (Lipinski definition) is 4. The maximum Gasteiger partial charge on any atom is 0.188 e. The fraction of sp³-hybridized carbons (Fsp3) is 0.538. The standard InChI is InChI=1S/C13H19N3O2/c14-13(16-17)12-8-11(4-6-15-12)9-18-7-5-10-2-1-3-10/h4,6,8,10,17H,1-3,5,7,9H2,(H2,14,16). The van der Waals surface area contributed by atoms with Gasteiger partial charge in [0.25, 0.3) is 0 Å². The predicted molar refractivity (Wildman–Crippen MR) is 68.4 cm³/mol. The number of rotatable bonds is 6. The molecule has 0 bridgehead atoms. The van der Waals surface area contributed by atoms with Gasteiger partial charge >= 0.3 is 0 Å². The highest BCUT2D eigenvalue weighted by Crippen LogP contribution is 2.29. The molecular formula is C13H19N3O2. The van der Waals surface area contributed by atoms with Crippen LogP contribution in [0.4, 0.5) is 0 Å². The van der Waals surface area contributed by atoms with Gasteiger partial charge in [-0.05, 0) is 30.0 Å². The Kier molecular flexibility index (Phi) is 4.52. The third-order valence-electron chi connectivity index (χ3n) is 3.36. The third kappa shape index (κ3) is 3.43. The van der Waals surface area contributed by atoms with Crippen molar-refractivity contribution in [3.63, 3.8) is 0 Å². The summed E-state index contributed by atoms with van der Waals surface area (Å²) in [7, 11) is 0. The van der Waals surface area contributed by atoms with Crippen LogP contribution in [0.5, 0.6) is 0 Å². The summed E-state index contributed by atoms with van der Waals surface area (Å²) in [6.07, 6.45) is 6.87. The molecular weight excluding hydrogens is 230 g/mol. The van der Waals surface area contributed by atoms with Gasteiger partial charge in [-0.1, -0.05) is 24.4 Å². The molecule has 0 aromatic carbocycles. The second-order valence-electron chi connectivity index (χ2n) is 4.67. The first-order valence-corrected chi connectivity index (χ1v) is 6.30. The van der Waals surface area contributed by atoms with Crippen LogP contribution < -0.4 is 5.73 Å². The molecule has 0 aliphatic heterocycles. The van der Waals surface area contributed by atoms with E-state index in [9.17, 15) is 0 Å². The van der Waals surface area contributed by atoms with Gasteiger partial charge in [-0.15, -0.1) is 0 Å². The summed E-state index contributed by atoms with van der Waals surface area (Å²) in [5.41, 5.74) is 6.94. The molecule has 3 N–H and O–H groups in total. The van der Waals surface area contributed by atoms with Gasteiger partial charge in [0.05, 0.1) is 6.61 Å². The molecule has 98 valence electrons. The number of amidine groups is 1. The number of hydrogen-bond donors (Lipinski definition) is 2. The molecule has 1 aliphatic rings. The SMILES string of the molecule is N/C(=N/O)c1cc(COCCC2CCC2)ccn1. The summed E-state index contributed by atoms with van der Waals surface area (Å²) < 4.78 is 5.62. The van der Waals surface area contributed by atoms with Gasteiger partial charge in [-0.25, -0.2) is 0 Å². The van der Waals surface area contributed by atoms with Crippen LogP contribution >= 0.6 is 0 Å². The highest BCUT2D eigenvalue weighted by molar-refractivity contribution is 5.95. The van der Waals surface area contributed by atoms with E-state index in [1.54, 1.807) is 12.3 Å². The number of aromatic nitrogens is 1. The summed E-state index contributed by atoms with van der Waals surface area (Å²) in [6, 6.07) is 3.65. The lowest BCUT2D eigenvalue weighted by Crippen LogP contribution is -2.15. The second-order valence-corrected chi connectivity index (χ2v) is 4.67.